The summed E-state index contributed by atoms with van der Waals surface area (Å²) in [5.74, 6) is 1.69. The quantitative estimate of drug-likeness (QED) is 0.519. The third kappa shape index (κ3) is 3.71. The number of pyridine rings is 1. The van der Waals surface area contributed by atoms with E-state index in [2.05, 4.69) is 24.9 Å². The van der Waals surface area contributed by atoms with Crippen LogP contribution in [0.25, 0.3) is 11.0 Å². The highest BCUT2D eigenvalue weighted by Crippen LogP contribution is 2.19. The van der Waals surface area contributed by atoms with Gasteiger partial charge in [-0.3, -0.25) is 14.8 Å². The van der Waals surface area contributed by atoms with Crippen LogP contribution in [0.4, 0.5) is 11.6 Å². The van der Waals surface area contributed by atoms with Gasteiger partial charge in [-0.25, -0.2) is 9.67 Å². The lowest BCUT2D eigenvalue weighted by atomic mass is 10.3. The number of aromatic nitrogens is 5. The maximum absolute atomic E-state index is 12.2. The summed E-state index contributed by atoms with van der Waals surface area (Å²) < 4.78 is 1.47. The fraction of sp³-hybridized carbons (Fsp3) is 0.227. The van der Waals surface area contributed by atoms with Gasteiger partial charge in [0.05, 0.1) is 29.5 Å². The molecule has 0 radical (unpaired) electrons. The van der Waals surface area contributed by atoms with E-state index in [1.54, 1.807) is 18.3 Å². The first-order valence-electron chi connectivity index (χ1n) is 9.96. The molecule has 0 saturated carbocycles. The third-order valence-electron chi connectivity index (χ3n) is 5.25. The van der Waals surface area contributed by atoms with Crippen molar-refractivity contribution in [3.63, 3.8) is 0 Å². The zero-order valence-corrected chi connectivity index (χ0v) is 16.4. The number of hydrogen-bond acceptors (Lipinski definition) is 7. The molecule has 1 aliphatic heterocycles. The van der Waals surface area contributed by atoms with Crippen LogP contribution in [0.1, 0.15) is 5.69 Å². The first-order chi connectivity index (χ1) is 14.8. The maximum Gasteiger partial charge on any atom is 0.267 e. The van der Waals surface area contributed by atoms with Gasteiger partial charge in [-0.1, -0.05) is 18.2 Å². The normalized spacial score (nSPS) is 14.3. The van der Waals surface area contributed by atoms with E-state index >= 15 is 0 Å². The molecule has 8 heteroatoms. The van der Waals surface area contributed by atoms with Crippen LogP contribution in [-0.4, -0.2) is 50.9 Å². The number of hydrogen-bond donors (Lipinski definition) is 0. The number of rotatable bonds is 4. The summed E-state index contributed by atoms with van der Waals surface area (Å²) >= 11 is 0. The molecule has 8 nitrogen and oxygen atoms in total. The Labute approximate surface area is 173 Å². The van der Waals surface area contributed by atoms with Crippen LogP contribution in [0.15, 0.2) is 71.8 Å². The Kier molecular flexibility index (Phi) is 4.80. The molecule has 1 saturated heterocycles. The highest BCUT2D eigenvalue weighted by Gasteiger charge is 2.20. The van der Waals surface area contributed by atoms with Gasteiger partial charge in [0, 0.05) is 38.4 Å². The fourth-order valence-corrected chi connectivity index (χ4v) is 3.63. The molecule has 30 heavy (non-hydrogen) atoms. The van der Waals surface area contributed by atoms with Gasteiger partial charge >= 0.3 is 0 Å². The summed E-state index contributed by atoms with van der Waals surface area (Å²) in [6.45, 7) is 3.58. The lowest BCUT2D eigenvalue weighted by Gasteiger charge is -2.35. The Bertz CT molecular complexity index is 1220. The van der Waals surface area contributed by atoms with Gasteiger partial charge in [-0.15, -0.1) is 0 Å². The van der Waals surface area contributed by atoms with Crippen molar-refractivity contribution >= 4 is 22.7 Å². The second kappa shape index (κ2) is 7.90. The summed E-state index contributed by atoms with van der Waals surface area (Å²) in [6, 6.07) is 16.9. The van der Waals surface area contributed by atoms with Crippen molar-refractivity contribution in [1.29, 1.82) is 0 Å². The molecule has 0 atom stereocenters. The molecule has 0 unspecified atom stereocenters. The van der Waals surface area contributed by atoms with E-state index < -0.39 is 0 Å². The van der Waals surface area contributed by atoms with Crippen LogP contribution in [0.3, 0.4) is 0 Å². The molecule has 0 bridgehead atoms. The van der Waals surface area contributed by atoms with Crippen molar-refractivity contribution in [2.75, 3.05) is 36.0 Å². The third-order valence-corrected chi connectivity index (χ3v) is 5.25. The average Bonchev–Trinajstić information content (AvgIpc) is 2.81. The number of benzene rings is 1. The molecular weight excluding hydrogens is 378 g/mol. The topological polar surface area (TPSA) is 80.0 Å². The van der Waals surface area contributed by atoms with E-state index in [9.17, 15) is 4.79 Å². The van der Waals surface area contributed by atoms with Crippen LogP contribution in [-0.2, 0) is 6.54 Å². The zero-order chi connectivity index (χ0) is 20.3. The molecule has 0 N–H and O–H groups in total. The number of para-hydroxylation sites is 2. The van der Waals surface area contributed by atoms with Crippen LogP contribution in [0.2, 0.25) is 0 Å². The standard InChI is InChI=1S/C22H21N7O/c30-22-9-8-20(26-29(22)16-17-5-3-4-10-23-17)27-11-13-28(14-12-27)21-15-24-18-6-1-2-7-19(18)25-21/h1-10,15H,11-14,16H2. The molecule has 150 valence electrons. The Hall–Kier alpha value is -3.81. The summed E-state index contributed by atoms with van der Waals surface area (Å²) in [6.07, 6.45) is 3.56. The smallest absolute Gasteiger partial charge is 0.267 e. The van der Waals surface area contributed by atoms with Gasteiger partial charge in [0.15, 0.2) is 0 Å². The van der Waals surface area contributed by atoms with Gasteiger partial charge < -0.3 is 9.80 Å². The Morgan fingerprint density at radius 3 is 2.27 bits per heavy atom. The molecule has 1 aliphatic rings. The molecule has 1 fully saturated rings. The van der Waals surface area contributed by atoms with Gasteiger partial charge in [0.2, 0.25) is 0 Å². The largest absolute Gasteiger partial charge is 0.352 e. The number of piperazine rings is 1. The monoisotopic (exact) mass is 399 g/mol. The van der Waals surface area contributed by atoms with Crippen LogP contribution >= 0.6 is 0 Å². The number of fused-ring (bicyclic) bond motifs is 1. The minimum atomic E-state index is -0.130. The minimum Gasteiger partial charge on any atom is -0.352 e. The first-order valence-corrected chi connectivity index (χ1v) is 9.96. The minimum absolute atomic E-state index is 0.130. The van der Waals surface area contributed by atoms with Crippen LogP contribution < -0.4 is 15.4 Å². The zero-order valence-electron chi connectivity index (χ0n) is 16.4. The van der Waals surface area contributed by atoms with E-state index in [1.165, 1.54) is 4.68 Å². The SMILES string of the molecule is O=c1ccc(N2CCN(c3cnc4ccccc4n3)CC2)nn1Cc1ccccn1. The van der Waals surface area contributed by atoms with Crippen molar-refractivity contribution in [3.8, 4) is 0 Å². The van der Waals surface area contributed by atoms with Crippen molar-refractivity contribution < 1.29 is 0 Å². The van der Waals surface area contributed by atoms with Crippen molar-refractivity contribution in [2.45, 2.75) is 6.54 Å². The number of nitrogens with zero attached hydrogens (tertiary/aromatic N) is 7. The molecule has 0 amide bonds. The molecule has 1 aromatic carbocycles. The van der Waals surface area contributed by atoms with Crippen molar-refractivity contribution in [1.82, 2.24) is 24.7 Å². The van der Waals surface area contributed by atoms with E-state index in [-0.39, 0.29) is 5.56 Å². The Morgan fingerprint density at radius 2 is 1.50 bits per heavy atom. The molecule has 0 aliphatic carbocycles. The maximum atomic E-state index is 12.2. The fourth-order valence-electron chi connectivity index (χ4n) is 3.63. The molecule has 5 rings (SSSR count). The van der Waals surface area contributed by atoms with Crippen molar-refractivity contribution in [3.05, 3.63) is 83.0 Å². The van der Waals surface area contributed by atoms with Gasteiger partial charge in [0.25, 0.3) is 5.56 Å². The van der Waals surface area contributed by atoms with E-state index in [4.69, 9.17) is 4.98 Å². The Morgan fingerprint density at radius 1 is 0.767 bits per heavy atom. The highest BCUT2D eigenvalue weighted by atomic mass is 16.1. The summed E-state index contributed by atoms with van der Waals surface area (Å²) in [5, 5.41) is 4.57. The van der Waals surface area contributed by atoms with Crippen LogP contribution in [0, 0.1) is 0 Å². The lowest BCUT2D eigenvalue weighted by Crippen LogP contribution is -2.47. The molecule has 0 spiro atoms. The van der Waals surface area contributed by atoms with Gasteiger partial charge in [0.1, 0.15) is 11.6 Å². The second-order valence-corrected chi connectivity index (χ2v) is 7.20. The van der Waals surface area contributed by atoms with Crippen LogP contribution in [0.5, 0.6) is 0 Å². The molecule has 4 heterocycles. The predicted molar refractivity (Wildman–Crippen MR) is 116 cm³/mol. The summed E-state index contributed by atoms with van der Waals surface area (Å²) in [5.41, 5.74) is 2.48. The van der Waals surface area contributed by atoms with E-state index in [0.717, 1.165) is 54.5 Å². The van der Waals surface area contributed by atoms with Gasteiger partial charge in [-0.2, -0.15) is 5.10 Å². The molecule has 4 aromatic rings. The molecular formula is C22H21N7O. The first kappa shape index (κ1) is 18.2. The second-order valence-electron chi connectivity index (χ2n) is 7.20. The average molecular weight is 399 g/mol. The summed E-state index contributed by atoms with van der Waals surface area (Å²) in [4.78, 5) is 30.2. The lowest BCUT2D eigenvalue weighted by molar-refractivity contribution is 0.594. The Balaban J connectivity index is 1.30. The predicted octanol–water partition coefficient (Wildman–Crippen LogP) is 1.96. The summed E-state index contributed by atoms with van der Waals surface area (Å²) in [7, 11) is 0. The molecule has 3 aromatic heterocycles. The van der Waals surface area contributed by atoms with E-state index in [0.29, 0.717) is 6.54 Å². The number of anilines is 2. The highest BCUT2D eigenvalue weighted by molar-refractivity contribution is 5.75. The van der Waals surface area contributed by atoms with E-state index in [1.807, 2.05) is 48.7 Å². The van der Waals surface area contributed by atoms with Crippen molar-refractivity contribution in [2.24, 2.45) is 0 Å². The van der Waals surface area contributed by atoms with Gasteiger partial charge in [-0.05, 0) is 30.3 Å².